The summed E-state index contributed by atoms with van der Waals surface area (Å²) in [5.41, 5.74) is 1.66. The average molecular weight is 298 g/mol. The Morgan fingerprint density at radius 3 is 2.36 bits per heavy atom. The fourth-order valence-corrected chi connectivity index (χ4v) is 3.29. The third kappa shape index (κ3) is 2.03. The summed E-state index contributed by atoms with van der Waals surface area (Å²) in [7, 11) is 0. The van der Waals surface area contributed by atoms with E-state index >= 15 is 0 Å². The molecule has 2 nitrogen and oxygen atoms in total. The van der Waals surface area contributed by atoms with Crippen molar-refractivity contribution in [2.24, 2.45) is 0 Å². The number of benzene rings is 2. The predicted octanol–water partition coefficient (Wildman–Crippen LogP) is 4.28. The van der Waals surface area contributed by atoms with Crippen molar-refractivity contribution in [2.45, 2.75) is 37.9 Å². The fourth-order valence-electron chi connectivity index (χ4n) is 3.29. The second-order valence-corrected chi connectivity index (χ2v) is 6.51. The van der Waals surface area contributed by atoms with Crippen molar-refractivity contribution in [2.75, 3.05) is 6.61 Å². The van der Waals surface area contributed by atoms with Gasteiger partial charge in [-0.1, -0.05) is 24.3 Å². The molecule has 2 fully saturated rings. The van der Waals surface area contributed by atoms with E-state index in [1.165, 1.54) is 0 Å². The Morgan fingerprint density at radius 2 is 1.77 bits per heavy atom. The van der Waals surface area contributed by atoms with Gasteiger partial charge in [0.2, 0.25) is 0 Å². The van der Waals surface area contributed by atoms with Gasteiger partial charge in [0.05, 0.1) is 6.61 Å². The molecular weight excluding hydrogens is 279 g/mol. The van der Waals surface area contributed by atoms with Gasteiger partial charge in [0.15, 0.2) is 5.60 Å². The Labute approximate surface area is 129 Å². The van der Waals surface area contributed by atoms with Crippen molar-refractivity contribution in [3.05, 3.63) is 65.0 Å². The summed E-state index contributed by atoms with van der Waals surface area (Å²) in [6.07, 6.45) is 1.79. The van der Waals surface area contributed by atoms with Gasteiger partial charge < -0.3 is 9.47 Å². The third-order valence-corrected chi connectivity index (χ3v) is 4.74. The van der Waals surface area contributed by atoms with Crippen LogP contribution < -0.4 is 4.74 Å². The monoisotopic (exact) mass is 298 g/mol. The van der Waals surface area contributed by atoms with Crippen LogP contribution in [0.2, 0.25) is 0 Å². The van der Waals surface area contributed by atoms with Gasteiger partial charge in [-0.15, -0.1) is 0 Å². The highest BCUT2D eigenvalue weighted by Gasteiger charge is 2.71. The van der Waals surface area contributed by atoms with Gasteiger partial charge in [0.25, 0.3) is 0 Å². The minimum atomic E-state index is -0.617. The summed E-state index contributed by atoms with van der Waals surface area (Å²) in [6.45, 7) is 4.46. The third-order valence-electron chi connectivity index (χ3n) is 4.74. The largest absolute Gasteiger partial charge is 0.484 e. The van der Waals surface area contributed by atoms with E-state index in [0.717, 1.165) is 29.7 Å². The highest BCUT2D eigenvalue weighted by atomic mass is 19.1. The molecule has 4 rings (SSSR count). The van der Waals surface area contributed by atoms with Crippen LogP contribution in [0.15, 0.2) is 42.5 Å². The maximum atomic E-state index is 14.4. The highest BCUT2D eigenvalue weighted by Crippen LogP contribution is 2.61. The summed E-state index contributed by atoms with van der Waals surface area (Å²) in [5.74, 6) is 0.636. The first kappa shape index (κ1) is 13.8. The van der Waals surface area contributed by atoms with Crippen LogP contribution in [0.25, 0.3) is 0 Å². The van der Waals surface area contributed by atoms with Crippen LogP contribution in [0.3, 0.4) is 0 Å². The van der Waals surface area contributed by atoms with Crippen LogP contribution in [0, 0.1) is 19.7 Å². The van der Waals surface area contributed by atoms with E-state index in [1.807, 2.05) is 50.2 Å². The van der Waals surface area contributed by atoms with E-state index in [9.17, 15) is 4.39 Å². The second-order valence-electron chi connectivity index (χ2n) is 6.51. The van der Waals surface area contributed by atoms with Gasteiger partial charge in [0, 0.05) is 5.56 Å². The Morgan fingerprint density at radius 1 is 1.05 bits per heavy atom. The summed E-state index contributed by atoms with van der Waals surface area (Å²) >= 11 is 0. The molecule has 1 saturated heterocycles. The van der Waals surface area contributed by atoms with Crippen LogP contribution in [-0.4, -0.2) is 12.2 Å². The molecule has 0 amide bonds. The average Bonchev–Trinajstić information content (AvgIpc) is 3.33. The predicted molar refractivity (Wildman–Crippen MR) is 82.5 cm³/mol. The molecule has 0 N–H and O–H groups in total. The normalized spacial score (nSPS) is 24.9. The molecule has 114 valence electrons. The Balaban J connectivity index is 1.68. The summed E-state index contributed by atoms with van der Waals surface area (Å²) in [4.78, 5) is 0. The first-order valence-electron chi connectivity index (χ1n) is 7.71. The van der Waals surface area contributed by atoms with Gasteiger partial charge in [-0.25, -0.2) is 4.39 Å². The van der Waals surface area contributed by atoms with Crippen molar-refractivity contribution in [1.82, 2.24) is 0 Å². The van der Waals surface area contributed by atoms with Crippen LogP contribution >= 0.6 is 0 Å². The van der Waals surface area contributed by atoms with E-state index < -0.39 is 11.2 Å². The molecule has 1 aliphatic heterocycles. The first-order chi connectivity index (χ1) is 10.5. The van der Waals surface area contributed by atoms with Gasteiger partial charge in [0.1, 0.15) is 17.2 Å². The van der Waals surface area contributed by atoms with Crippen LogP contribution in [-0.2, 0) is 10.3 Å². The topological polar surface area (TPSA) is 21.8 Å². The van der Waals surface area contributed by atoms with Crippen molar-refractivity contribution < 1.29 is 13.9 Å². The Hall–Kier alpha value is -1.87. The molecule has 2 aromatic carbocycles. The van der Waals surface area contributed by atoms with Gasteiger partial charge in [-0.05, 0) is 56.0 Å². The number of epoxide rings is 1. The molecule has 1 unspecified atom stereocenters. The fraction of sp³-hybridized carbons (Fsp3) is 0.368. The molecule has 1 atom stereocenters. The zero-order valence-corrected chi connectivity index (χ0v) is 12.9. The van der Waals surface area contributed by atoms with E-state index in [-0.39, 0.29) is 5.82 Å². The number of rotatable bonds is 4. The van der Waals surface area contributed by atoms with Crippen molar-refractivity contribution in [3.63, 3.8) is 0 Å². The lowest BCUT2D eigenvalue weighted by Crippen LogP contribution is -2.36. The molecule has 0 bridgehead atoms. The minimum absolute atomic E-state index is 0.198. The van der Waals surface area contributed by atoms with Crippen LogP contribution in [0.5, 0.6) is 5.75 Å². The summed E-state index contributed by atoms with van der Waals surface area (Å²) in [5, 5.41) is 0. The molecule has 1 heterocycles. The van der Waals surface area contributed by atoms with E-state index in [1.54, 1.807) is 6.07 Å². The highest BCUT2D eigenvalue weighted by molar-refractivity contribution is 5.40. The Bertz CT molecular complexity index is 730. The lowest BCUT2D eigenvalue weighted by molar-refractivity contribution is 0.0701. The van der Waals surface area contributed by atoms with Gasteiger partial charge in [-0.2, -0.15) is 0 Å². The molecule has 1 saturated carbocycles. The molecule has 0 radical (unpaired) electrons. The standard InChI is InChI=1S/C19H19FO2/c1-13-4-3-5-15(10-13)22-18(8-9-18)19(12-21-19)16-7-6-14(2)11-17(16)20/h3-7,10-11H,8-9,12H2,1-2H3. The number of hydrogen-bond donors (Lipinski definition) is 0. The molecule has 2 aromatic rings. The molecule has 1 aliphatic carbocycles. The lowest BCUT2D eigenvalue weighted by atomic mass is 9.90. The van der Waals surface area contributed by atoms with Gasteiger partial charge in [-0.3, -0.25) is 0 Å². The smallest absolute Gasteiger partial charge is 0.159 e. The second kappa shape index (κ2) is 4.56. The zero-order chi connectivity index (χ0) is 15.4. The minimum Gasteiger partial charge on any atom is -0.484 e. The number of aryl methyl sites for hydroxylation is 2. The first-order valence-corrected chi connectivity index (χ1v) is 7.71. The quantitative estimate of drug-likeness (QED) is 0.786. The maximum Gasteiger partial charge on any atom is 0.159 e. The molecule has 0 spiro atoms. The zero-order valence-electron chi connectivity index (χ0n) is 12.9. The molecule has 22 heavy (non-hydrogen) atoms. The molecule has 0 aromatic heterocycles. The van der Waals surface area contributed by atoms with E-state index in [4.69, 9.17) is 9.47 Å². The van der Waals surface area contributed by atoms with Crippen LogP contribution in [0.4, 0.5) is 4.39 Å². The maximum absolute atomic E-state index is 14.4. The SMILES string of the molecule is Cc1cccc(OC2(C3(c4ccc(C)cc4F)CO3)CC2)c1. The number of hydrogen-bond acceptors (Lipinski definition) is 2. The summed E-state index contributed by atoms with van der Waals surface area (Å²) in [6, 6.07) is 13.3. The van der Waals surface area contributed by atoms with E-state index in [2.05, 4.69) is 0 Å². The van der Waals surface area contributed by atoms with E-state index in [0.29, 0.717) is 12.2 Å². The van der Waals surface area contributed by atoms with Gasteiger partial charge >= 0.3 is 0 Å². The number of ether oxygens (including phenoxy) is 2. The van der Waals surface area contributed by atoms with Crippen molar-refractivity contribution in [3.8, 4) is 5.75 Å². The number of halogens is 1. The molecule has 2 aliphatic rings. The van der Waals surface area contributed by atoms with Crippen molar-refractivity contribution in [1.29, 1.82) is 0 Å². The lowest BCUT2D eigenvalue weighted by Gasteiger charge is -2.26. The molecular formula is C19H19FO2. The van der Waals surface area contributed by atoms with Crippen LogP contribution in [0.1, 0.15) is 29.5 Å². The molecule has 3 heteroatoms. The van der Waals surface area contributed by atoms with Crippen molar-refractivity contribution >= 4 is 0 Å². The summed E-state index contributed by atoms with van der Waals surface area (Å²) < 4.78 is 26.4. The Kier molecular flexibility index (Phi) is 2.85.